The van der Waals surface area contributed by atoms with Gasteiger partial charge in [0, 0.05) is 11.1 Å². The minimum atomic E-state index is -2.19. The quantitative estimate of drug-likeness (QED) is 0.465. The first kappa shape index (κ1) is 15.6. The Labute approximate surface area is 122 Å². The molecule has 0 heterocycles. The zero-order valence-corrected chi connectivity index (χ0v) is 11.4. The zero-order valence-electron chi connectivity index (χ0n) is 10.7. The lowest BCUT2D eigenvalue weighted by atomic mass is 10.1. The summed E-state index contributed by atoms with van der Waals surface area (Å²) in [4.78, 5) is 0. The van der Waals surface area contributed by atoms with E-state index in [1.807, 2.05) is 0 Å². The van der Waals surface area contributed by atoms with Crippen molar-refractivity contribution in [3.8, 4) is 0 Å². The maximum absolute atomic E-state index is 13.5. The highest BCUT2D eigenvalue weighted by atomic mass is 35.5. The third-order valence-corrected chi connectivity index (χ3v) is 3.15. The SMILES string of the molecule is CC(Nc1c(F)c(F)c(F)c(F)c1F)c1cccc(Cl)c1. The van der Waals surface area contributed by atoms with E-state index in [0.717, 1.165) is 0 Å². The number of nitrogens with one attached hydrogen (secondary N) is 1. The Kier molecular flexibility index (Phi) is 4.37. The summed E-state index contributed by atoms with van der Waals surface area (Å²) in [6, 6.07) is 5.61. The smallest absolute Gasteiger partial charge is 0.200 e. The molecular formula is C14H9ClF5N. The predicted octanol–water partition coefficient (Wildman–Crippen LogP) is 5.21. The molecule has 0 aromatic heterocycles. The summed E-state index contributed by atoms with van der Waals surface area (Å²) >= 11 is 5.78. The van der Waals surface area contributed by atoms with Crippen molar-refractivity contribution in [1.82, 2.24) is 0 Å². The van der Waals surface area contributed by atoms with Crippen LogP contribution in [-0.4, -0.2) is 0 Å². The third kappa shape index (κ3) is 2.95. The van der Waals surface area contributed by atoms with Gasteiger partial charge < -0.3 is 5.32 Å². The second-order valence-corrected chi connectivity index (χ2v) is 4.80. The van der Waals surface area contributed by atoms with Gasteiger partial charge in [-0.05, 0) is 24.6 Å². The van der Waals surface area contributed by atoms with Gasteiger partial charge >= 0.3 is 0 Å². The fraction of sp³-hybridized carbons (Fsp3) is 0.143. The molecule has 0 radical (unpaired) electrons. The molecule has 0 bridgehead atoms. The Morgan fingerprint density at radius 3 is 1.95 bits per heavy atom. The van der Waals surface area contributed by atoms with Crippen LogP contribution in [0.3, 0.4) is 0 Å². The fourth-order valence-electron chi connectivity index (χ4n) is 1.81. The maximum Gasteiger partial charge on any atom is 0.200 e. The van der Waals surface area contributed by atoms with E-state index in [1.54, 1.807) is 18.2 Å². The molecule has 2 aromatic carbocycles. The molecule has 0 saturated heterocycles. The summed E-state index contributed by atoms with van der Waals surface area (Å²) in [7, 11) is 0. The van der Waals surface area contributed by atoms with Gasteiger partial charge in [-0.2, -0.15) is 0 Å². The normalized spacial score (nSPS) is 12.3. The minimum absolute atomic E-state index is 0.388. The van der Waals surface area contributed by atoms with Gasteiger partial charge in [0.15, 0.2) is 23.3 Å². The lowest BCUT2D eigenvalue weighted by Crippen LogP contribution is -2.13. The van der Waals surface area contributed by atoms with Crippen LogP contribution in [0.5, 0.6) is 0 Å². The van der Waals surface area contributed by atoms with Crippen molar-refractivity contribution in [2.45, 2.75) is 13.0 Å². The van der Waals surface area contributed by atoms with E-state index in [2.05, 4.69) is 5.32 Å². The van der Waals surface area contributed by atoms with E-state index in [-0.39, 0.29) is 0 Å². The number of benzene rings is 2. The summed E-state index contributed by atoms with van der Waals surface area (Å²) in [6.07, 6.45) is 0. The molecule has 0 amide bonds. The van der Waals surface area contributed by atoms with Crippen LogP contribution >= 0.6 is 11.6 Å². The average molecular weight is 322 g/mol. The molecule has 1 unspecified atom stereocenters. The fourth-order valence-corrected chi connectivity index (χ4v) is 2.01. The Balaban J connectivity index is 2.40. The molecule has 112 valence electrons. The Morgan fingerprint density at radius 1 is 0.905 bits per heavy atom. The monoisotopic (exact) mass is 321 g/mol. The Morgan fingerprint density at radius 2 is 1.43 bits per heavy atom. The minimum Gasteiger partial charge on any atom is -0.374 e. The molecule has 1 N–H and O–H groups in total. The number of hydrogen-bond acceptors (Lipinski definition) is 1. The van der Waals surface area contributed by atoms with Crippen LogP contribution in [0.2, 0.25) is 5.02 Å². The molecule has 1 atom stereocenters. The highest BCUT2D eigenvalue weighted by Gasteiger charge is 2.26. The van der Waals surface area contributed by atoms with Gasteiger partial charge in [-0.3, -0.25) is 0 Å². The average Bonchev–Trinajstić information content (AvgIpc) is 2.47. The number of halogens is 6. The highest BCUT2D eigenvalue weighted by molar-refractivity contribution is 6.30. The largest absolute Gasteiger partial charge is 0.374 e. The van der Waals surface area contributed by atoms with Crippen LogP contribution in [0.1, 0.15) is 18.5 Å². The molecule has 0 fully saturated rings. The first-order chi connectivity index (χ1) is 9.82. The van der Waals surface area contributed by atoms with Gasteiger partial charge in [0.1, 0.15) is 5.69 Å². The van der Waals surface area contributed by atoms with Gasteiger partial charge in [0.05, 0.1) is 0 Å². The van der Waals surface area contributed by atoms with Crippen molar-refractivity contribution in [3.05, 3.63) is 63.9 Å². The van der Waals surface area contributed by atoms with E-state index in [0.29, 0.717) is 10.6 Å². The van der Waals surface area contributed by atoms with Gasteiger partial charge in [-0.1, -0.05) is 23.7 Å². The molecule has 0 aliphatic carbocycles. The number of anilines is 1. The molecule has 21 heavy (non-hydrogen) atoms. The molecular weight excluding hydrogens is 313 g/mol. The van der Waals surface area contributed by atoms with Gasteiger partial charge in [0.25, 0.3) is 0 Å². The summed E-state index contributed by atoms with van der Waals surface area (Å²) < 4.78 is 66.2. The lowest BCUT2D eigenvalue weighted by molar-refractivity contribution is 0.381. The topological polar surface area (TPSA) is 12.0 Å². The first-order valence-electron chi connectivity index (χ1n) is 5.86. The van der Waals surface area contributed by atoms with Crippen LogP contribution in [-0.2, 0) is 0 Å². The molecule has 2 rings (SSSR count). The van der Waals surface area contributed by atoms with Crippen molar-refractivity contribution in [2.75, 3.05) is 5.32 Å². The molecule has 0 saturated carbocycles. The maximum atomic E-state index is 13.5. The van der Waals surface area contributed by atoms with Gasteiger partial charge in [-0.15, -0.1) is 0 Å². The predicted molar refractivity (Wildman–Crippen MR) is 69.7 cm³/mol. The molecule has 7 heteroatoms. The van der Waals surface area contributed by atoms with E-state index in [1.165, 1.54) is 13.0 Å². The summed E-state index contributed by atoms with van der Waals surface area (Å²) in [5.74, 6) is -9.98. The van der Waals surface area contributed by atoms with Crippen molar-refractivity contribution < 1.29 is 22.0 Å². The van der Waals surface area contributed by atoms with Crippen LogP contribution in [0.25, 0.3) is 0 Å². The first-order valence-corrected chi connectivity index (χ1v) is 6.24. The van der Waals surface area contributed by atoms with Crippen molar-refractivity contribution in [1.29, 1.82) is 0 Å². The molecule has 0 aliphatic heterocycles. The van der Waals surface area contributed by atoms with Crippen LogP contribution < -0.4 is 5.32 Å². The molecule has 0 spiro atoms. The van der Waals surface area contributed by atoms with Crippen LogP contribution in [0.15, 0.2) is 24.3 Å². The van der Waals surface area contributed by atoms with E-state index < -0.39 is 40.8 Å². The Hall–Kier alpha value is -1.82. The molecule has 1 nitrogen and oxygen atoms in total. The van der Waals surface area contributed by atoms with Gasteiger partial charge in [0.2, 0.25) is 5.82 Å². The number of hydrogen-bond donors (Lipinski definition) is 1. The van der Waals surface area contributed by atoms with Crippen molar-refractivity contribution >= 4 is 17.3 Å². The third-order valence-electron chi connectivity index (χ3n) is 2.92. The molecule has 2 aromatic rings. The zero-order chi connectivity index (χ0) is 15.7. The number of rotatable bonds is 3. The highest BCUT2D eigenvalue weighted by Crippen LogP contribution is 2.30. The van der Waals surface area contributed by atoms with E-state index in [9.17, 15) is 22.0 Å². The summed E-state index contributed by atoms with van der Waals surface area (Å²) in [5.41, 5.74) is -0.537. The van der Waals surface area contributed by atoms with Crippen LogP contribution in [0, 0.1) is 29.1 Å². The lowest BCUT2D eigenvalue weighted by Gasteiger charge is -2.17. The summed E-state index contributed by atoms with van der Waals surface area (Å²) in [6.45, 7) is 1.50. The second kappa shape index (κ2) is 5.89. The van der Waals surface area contributed by atoms with E-state index in [4.69, 9.17) is 11.6 Å². The van der Waals surface area contributed by atoms with Crippen molar-refractivity contribution in [2.24, 2.45) is 0 Å². The van der Waals surface area contributed by atoms with E-state index >= 15 is 0 Å². The van der Waals surface area contributed by atoms with Gasteiger partial charge in [-0.25, -0.2) is 22.0 Å². The van der Waals surface area contributed by atoms with Crippen molar-refractivity contribution in [3.63, 3.8) is 0 Å². The molecule has 0 aliphatic rings. The summed E-state index contributed by atoms with van der Waals surface area (Å²) in [5, 5.41) is 2.66. The second-order valence-electron chi connectivity index (χ2n) is 4.37. The van der Waals surface area contributed by atoms with Crippen LogP contribution in [0.4, 0.5) is 27.6 Å². The Bertz CT molecular complexity index is 660. The standard InChI is InChI=1S/C14H9ClF5N/c1-6(7-3-2-4-8(15)5-7)21-14-12(19)10(17)9(16)11(18)13(14)20/h2-6,21H,1H3.